The van der Waals surface area contributed by atoms with E-state index in [2.05, 4.69) is 154 Å². The van der Waals surface area contributed by atoms with Crippen molar-refractivity contribution in [2.75, 3.05) is 0 Å². The second-order valence-electron chi connectivity index (χ2n) is 11.1. The monoisotopic (exact) mass is 562 g/mol. The van der Waals surface area contributed by atoms with Crippen molar-refractivity contribution in [2.45, 2.75) is 0 Å². The van der Waals surface area contributed by atoms with E-state index < -0.39 is 0 Å². The van der Waals surface area contributed by atoms with Gasteiger partial charge in [0.15, 0.2) is 0 Å². The molecule has 0 aliphatic carbocycles. The molecule has 4 nitrogen and oxygen atoms in total. The van der Waals surface area contributed by atoms with Crippen molar-refractivity contribution in [3.8, 4) is 33.8 Å². The molecule has 0 aliphatic rings. The molecular formula is C40H26N4. The average Bonchev–Trinajstić information content (AvgIpc) is 3.68. The van der Waals surface area contributed by atoms with Gasteiger partial charge in [-0.25, -0.2) is 4.98 Å². The molecule has 0 saturated carbocycles. The van der Waals surface area contributed by atoms with Gasteiger partial charge in [0.25, 0.3) is 0 Å². The zero-order valence-electron chi connectivity index (χ0n) is 23.8. The Balaban J connectivity index is 1.37. The van der Waals surface area contributed by atoms with Crippen LogP contribution in [-0.4, -0.2) is 19.1 Å². The van der Waals surface area contributed by atoms with Gasteiger partial charge in [0.05, 0.1) is 27.8 Å². The van der Waals surface area contributed by atoms with Gasteiger partial charge in [0.1, 0.15) is 0 Å². The second-order valence-corrected chi connectivity index (χ2v) is 11.1. The van der Waals surface area contributed by atoms with Gasteiger partial charge in [0.2, 0.25) is 0 Å². The molecule has 0 radical (unpaired) electrons. The number of fused-ring (bicyclic) bond motifs is 6. The van der Waals surface area contributed by atoms with Gasteiger partial charge in [-0.2, -0.15) is 0 Å². The Morgan fingerprint density at radius 3 is 2.07 bits per heavy atom. The van der Waals surface area contributed by atoms with Crippen molar-refractivity contribution in [1.29, 1.82) is 0 Å². The Hall–Kier alpha value is -6.00. The SMILES string of the molecule is c1ccc(-c2cc(-c3ccc4c(c3)c3c5c(ccc3n4-c3ccccc3)ccn5-c3ccccc3)nc3ccncc23)cc1. The van der Waals surface area contributed by atoms with Gasteiger partial charge >= 0.3 is 0 Å². The molecule has 4 heteroatoms. The molecule has 0 saturated heterocycles. The summed E-state index contributed by atoms with van der Waals surface area (Å²) in [5, 5.41) is 4.68. The molecule has 4 aromatic heterocycles. The zero-order valence-corrected chi connectivity index (χ0v) is 23.8. The third kappa shape index (κ3) is 3.78. The lowest BCUT2D eigenvalue weighted by atomic mass is 9.98. The van der Waals surface area contributed by atoms with Crippen LogP contribution in [0.15, 0.2) is 158 Å². The third-order valence-corrected chi connectivity index (χ3v) is 8.62. The van der Waals surface area contributed by atoms with Gasteiger partial charge in [-0.3, -0.25) is 4.98 Å². The number of aromatic nitrogens is 4. The van der Waals surface area contributed by atoms with Gasteiger partial charge in [0, 0.05) is 57.1 Å². The molecule has 0 bridgehead atoms. The molecule has 5 aromatic carbocycles. The molecule has 0 unspecified atom stereocenters. The second kappa shape index (κ2) is 9.79. The van der Waals surface area contributed by atoms with Crippen LogP contribution in [0.2, 0.25) is 0 Å². The quantitative estimate of drug-likeness (QED) is 0.214. The number of hydrogen-bond donors (Lipinski definition) is 0. The third-order valence-electron chi connectivity index (χ3n) is 8.62. The Kier molecular flexibility index (Phi) is 5.47. The number of nitrogens with zero attached hydrogens (tertiary/aromatic N) is 4. The van der Waals surface area contributed by atoms with E-state index >= 15 is 0 Å². The minimum absolute atomic E-state index is 0.934. The van der Waals surface area contributed by atoms with Gasteiger partial charge < -0.3 is 9.13 Å². The minimum Gasteiger partial charge on any atom is -0.316 e. The van der Waals surface area contributed by atoms with E-state index in [0.29, 0.717) is 0 Å². The van der Waals surface area contributed by atoms with Crippen LogP contribution in [0, 0.1) is 0 Å². The van der Waals surface area contributed by atoms with E-state index in [1.54, 1.807) is 0 Å². The molecule has 4 heterocycles. The van der Waals surface area contributed by atoms with Crippen molar-refractivity contribution in [1.82, 2.24) is 19.1 Å². The minimum atomic E-state index is 0.934. The first-order valence-electron chi connectivity index (χ1n) is 14.8. The van der Waals surface area contributed by atoms with E-state index in [0.717, 1.165) is 50.2 Å². The van der Waals surface area contributed by atoms with Crippen LogP contribution in [0.1, 0.15) is 0 Å². The molecule has 0 fully saturated rings. The summed E-state index contributed by atoms with van der Waals surface area (Å²) >= 11 is 0. The standard InChI is InChI=1S/C40H26N4/c1-4-10-27(11-5-1)32-25-36(42-35-20-22-41-26-34(32)35)29-17-18-37-33(24-29)39-38(44(37)31-14-8-3-9-15-31)19-16-28-21-23-43(40(28)39)30-12-6-2-7-13-30/h1-26H. The van der Waals surface area contributed by atoms with Crippen LogP contribution in [0.5, 0.6) is 0 Å². The van der Waals surface area contributed by atoms with Crippen molar-refractivity contribution >= 4 is 43.6 Å². The fraction of sp³-hybridized carbons (Fsp3) is 0. The molecule has 44 heavy (non-hydrogen) atoms. The number of para-hydroxylation sites is 2. The van der Waals surface area contributed by atoms with Gasteiger partial charge in [-0.15, -0.1) is 0 Å². The topological polar surface area (TPSA) is 35.6 Å². The molecule has 9 rings (SSSR count). The van der Waals surface area contributed by atoms with Crippen LogP contribution < -0.4 is 0 Å². The van der Waals surface area contributed by atoms with E-state index in [-0.39, 0.29) is 0 Å². The summed E-state index contributed by atoms with van der Waals surface area (Å²) < 4.78 is 4.69. The van der Waals surface area contributed by atoms with Crippen LogP contribution in [0.25, 0.3) is 77.4 Å². The zero-order chi connectivity index (χ0) is 29.0. The summed E-state index contributed by atoms with van der Waals surface area (Å²) in [7, 11) is 0. The summed E-state index contributed by atoms with van der Waals surface area (Å²) in [5.74, 6) is 0. The van der Waals surface area contributed by atoms with E-state index in [4.69, 9.17) is 4.98 Å². The number of rotatable bonds is 4. The lowest BCUT2D eigenvalue weighted by molar-refractivity contribution is 1.13. The Morgan fingerprint density at radius 2 is 1.27 bits per heavy atom. The van der Waals surface area contributed by atoms with Crippen LogP contribution in [0.3, 0.4) is 0 Å². The van der Waals surface area contributed by atoms with Crippen molar-refractivity contribution < 1.29 is 0 Å². The average molecular weight is 563 g/mol. The van der Waals surface area contributed by atoms with Gasteiger partial charge in [-0.1, -0.05) is 78.9 Å². The molecule has 0 atom stereocenters. The van der Waals surface area contributed by atoms with Crippen LogP contribution in [0.4, 0.5) is 0 Å². The summed E-state index contributed by atoms with van der Waals surface area (Å²) in [5.41, 5.74) is 11.1. The van der Waals surface area contributed by atoms with Crippen LogP contribution >= 0.6 is 0 Å². The number of pyridine rings is 2. The van der Waals surface area contributed by atoms with E-state index in [9.17, 15) is 0 Å². The maximum atomic E-state index is 5.15. The Labute approximate surface area is 254 Å². The summed E-state index contributed by atoms with van der Waals surface area (Å²) in [4.78, 5) is 9.57. The number of benzene rings is 5. The van der Waals surface area contributed by atoms with Crippen LogP contribution in [-0.2, 0) is 0 Å². The predicted octanol–water partition coefficient (Wildman–Crippen LogP) is 10.0. The molecule has 9 aromatic rings. The van der Waals surface area contributed by atoms with Crippen molar-refractivity contribution in [3.05, 3.63) is 158 Å². The molecule has 0 amide bonds. The highest BCUT2D eigenvalue weighted by molar-refractivity contribution is 6.21. The lowest BCUT2D eigenvalue weighted by Crippen LogP contribution is -1.94. The maximum absolute atomic E-state index is 5.15. The summed E-state index contributed by atoms with van der Waals surface area (Å²) in [6, 6.07) is 49.4. The highest BCUT2D eigenvalue weighted by Crippen LogP contribution is 2.40. The highest BCUT2D eigenvalue weighted by atomic mass is 15.0. The molecule has 0 N–H and O–H groups in total. The Bertz CT molecular complexity index is 2470. The Morgan fingerprint density at radius 1 is 0.545 bits per heavy atom. The van der Waals surface area contributed by atoms with E-state index in [1.165, 1.54) is 27.2 Å². The summed E-state index contributed by atoms with van der Waals surface area (Å²) in [6.45, 7) is 0. The van der Waals surface area contributed by atoms with Crippen molar-refractivity contribution in [3.63, 3.8) is 0 Å². The molecule has 206 valence electrons. The predicted molar refractivity (Wildman–Crippen MR) is 182 cm³/mol. The lowest BCUT2D eigenvalue weighted by Gasteiger charge is -2.11. The van der Waals surface area contributed by atoms with E-state index in [1.807, 2.05) is 18.5 Å². The molecule has 0 spiro atoms. The molecule has 0 aliphatic heterocycles. The normalized spacial score (nSPS) is 11.6. The largest absolute Gasteiger partial charge is 0.316 e. The summed E-state index contributed by atoms with van der Waals surface area (Å²) in [6.07, 6.45) is 5.92. The maximum Gasteiger partial charge on any atom is 0.0746 e. The fourth-order valence-electron chi connectivity index (χ4n) is 6.62. The molecular weight excluding hydrogens is 536 g/mol. The first kappa shape index (κ1) is 24.6. The smallest absolute Gasteiger partial charge is 0.0746 e. The van der Waals surface area contributed by atoms with Gasteiger partial charge in [-0.05, 0) is 71.8 Å². The highest BCUT2D eigenvalue weighted by Gasteiger charge is 2.19. The fourth-order valence-corrected chi connectivity index (χ4v) is 6.62. The first-order valence-corrected chi connectivity index (χ1v) is 14.8. The van der Waals surface area contributed by atoms with Crippen molar-refractivity contribution in [2.24, 2.45) is 0 Å². The first-order chi connectivity index (χ1) is 21.8. The number of hydrogen-bond acceptors (Lipinski definition) is 2.